The number of benzene rings is 1. The van der Waals surface area contributed by atoms with Crippen LogP contribution in [0.1, 0.15) is 5.56 Å². The minimum atomic E-state index is -3.49. The number of sulfonamides is 1. The SMILES string of the molecule is COCCN(C)S(=O)(=O)c1ccc(C#N)cc1. The number of likely N-dealkylation sites (N-methyl/N-ethyl adjacent to an activating group) is 1. The first-order chi connectivity index (χ1) is 8.02. The molecular formula is C11H14N2O3S. The second-order valence-electron chi connectivity index (χ2n) is 3.46. The molecule has 1 aromatic rings. The molecule has 0 N–H and O–H groups in total. The monoisotopic (exact) mass is 254 g/mol. The zero-order chi connectivity index (χ0) is 12.9. The van der Waals surface area contributed by atoms with E-state index in [4.69, 9.17) is 10.00 Å². The summed E-state index contributed by atoms with van der Waals surface area (Å²) in [6, 6.07) is 7.76. The van der Waals surface area contributed by atoms with Crippen LogP contribution >= 0.6 is 0 Å². The van der Waals surface area contributed by atoms with Crippen molar-refractivity contribution in [2.45, 2.75) is 4.90 Å². The summed E-state index contributed by atoms with van der Waals surface area (Å²) < 4.78 is 30.1. The number of hydrogen-bond donors (Lipinski definition) is 0. The van der Waals surface area contributed by atoms with Crippen molar-refractivity contribution < 1.29 is 13.2 Å². The normalized spacial score (nSPS) is 11.4. The van der Waals surface area contributed by atoms with Crippen LogP contribution in [0.25, 0.3) is 0 Å². The molecule has 0 atom stereocenters. The van der Waals surface area contributed by atoms with E-state index in [-0.39, 0.29) is 4.90 Å². The maximum atomic E-state index is 12.0. The highest BCUT2D eigenvalue weighted by atomic mass is 32.2. The van der Waals surface area contributed by atoms with Crippen molar-refractivity contribution in [2.75, 3.05) is 27.3 Å². The third-order valence-electron chi connectivity index (χ3n) is 2.30. The molecule has 1 rings (SSSR count). The van der Waals surface area contributed by atoms with E-state index < -0.39 is 10.0 Å². The second kappa shape index (κ2) is 5.77. The van der Waals surface area contributed by atoms with Crippen LogP contribution in [0.15, 0.2) is 29.2 Å². The fourth-order valence-electron chi connectivity index (χ4n) is 1.22. The van der Waals surface area contributed by atoms with Gasteiger partial charge in [-0.15, -0.1) is 0 Å². The lowest BCUT2D eigenvalue weighted by Gasteiger charge is -2.16. The highest BCUT2D eigenvalue weighted by Crippen LogP contribution is 2.14. The van der Waals surface area contributed by atoms with E-state index in [1.54, 1.807) is 0 Å². The Bertz CT molecular complexity index is 503. The maximum absolute atomic E-state index is 12.0. The van der Waals surface area contributed by atoms with E-state index in [9.17, 15) is 8.42 Å². The molecular weight excluding hydrogens is 240 g/mol. The first-order valence-corrected chi connectivity index (χ1v) is 6.42. The third kappa shape index (κ3) is 3.27. The molecule has 0 aliphatic heterocycles. The highest BCUT2D eigenvalue weighted by molar-refractivity contribution is 7.89. The summed E-state index contributed by atoms with van der Waals surface area (Å²) in [4.78, 5) is 0.176. The van der Waals surface area contributed by atoms with Gasteiger partial charge in [-0.2, -0.15) is 9.57 Å². The Morgan fingerprint density at radius 2 is 1.94 bits per heavy atom. The van der Waals surface area contributed by atoms with E-state index in [0.29, 0.717) is 18.7 Å². The first kappa shape index (κ1) is 13.6. The van der Waals surface area contributed by atoms with Crippen LogP contribution in [0.5, 0.6) is 0 Å². The van der Waals surface area contributed by atoms with Gasteiger partial charge in [-0.25, -0.2) is 8.42 Å². The molecule has 0 spiro atoms. The van der Waals surface area contributed by atoms with Crippen LogP contribution in [0.3, 0.4) is 0 Å². The summed E-state index contributed by atoms with van der Waals surface area (Å²) in [5.74, 6) is 0. The number of nitrogens with zero attached hydrogens (tertiary/aromatic N) is 2. The molecule has 0 aliphatic rings. The molecule has 0 aromatic heterocycles. The van der Waals surface area contributed by atoms with E-state index in [2.05, 4.69) is 0 Å². The maximum Gasteiger partial charge on any atom is 0.242 e. The van der Waals surface area contributed by atoms with Crippen LogP contribution in [0.2, 0.25) is 0 Å². The minimum Gasteiger partial charge on any atom is -0.383 e. The molecule has 0 aliphatic carbocycles. The molecule has 0 radical (unpaired) electrons. The number of nitriles is 1. The predicted molar refractivity (Wildman–Crippen MR) is 62.8 cm³/mol. The van der Waals surface area contributed by atoms with Gasteiger partial charge in [0.15, 0.2) is 0 Å². The van der Waals surface area contributed by atoms with Gasteiger partial charge in [0, 0.05) is 20.7 Å². The van der Waals surface area contributed by atoms with Crippen molar-refractivity contribution in [1.29, 1.82) is 5.26 Å². The van der Waals surface area contributed by atoms with Gasteiger partial charge in [-0.3, -0.25) is 0 Å². The third-order valence-corrected chi connectivity index (χ3v) is 4.17. The molecule has 0 amide bonds. The number of ether oxygens (including phenoxy) is 1. The average Bonchev–Trinajstić information content (AvgIpc) is 2.35. The van der Waals surface area contributed by atoms with E-state index >= 15 is 0 Å². The minimum absolute atomic E-state index is 0.176. The molecule has 0 bridgehead atoms. The quantitative estimate of drug-likeness (QED) is 0.780. The molecule has 92 valence electrons. The van der Waals surface area contributed by atoms with Gasteiger partial charge in [0.25, 0.3) is 0 Å². The van der Waals surface area contributed by atoms with Crippen molar-refractivity contribution in [3.63, 3.8) is 0 Å². The Balaban J connectivity index is 2.93. The van der Waals surface area contributed by atoms with Gasteiger partial charge in [0.05, 0.1) is 23.1 Å². The van der Waals surface area contributed by atoms with Crippen LogP contribution in [-0.4, -0.2) is 40.0 Å². The Morgan fingerprint density at radius 3 is 2.41 bits per heavy atom. The smallest absolute Gasteiger partial charge is 0.242 e. The van der Waals surface area contributed by atoms with Crippen molar-refractivity contribution in [1.82, 2.24) is 4.31 Å². The topological polar surface area (TPSA) is 70.4 Å². The second-order valence-corrected chi connectivity index (χ2v) is 5.50. The molecule has 6 heteroatoms. The van der Waals surface area contributed by atoms with Gasteiger partial charge in [-0.1, -0.05) is 0 Å². The molecule has 0 saturated heterocycles. The van der Waals surface area contributed by atoms with Gasteiger partial charge >= 0.3 is 0 Å². The number of rotatable bonds is 5. The van der Waals surface area contributed by atoms with Crippen molar-refractivity contribution >= 4 is 10.0 Å². The molecule has 0 heterocycles. The molecule has 17 heavy (non-hydrogen) atoms. The van der Waals surface area contributed by atoms with Crippen molar-refractivity contribution in [3.8, 4) is 6.07 Å². The molecule has 0 unspecified atom stereocenters. The largest absolute Gasteiger partial charge is 0.383 e. The van der Waals surface area contributed by atoms with Gasteiger partial charge in [-0.05, 0) is 24.3 Å². The standard InChI is InChI=1S/C11H14N2O3S/c1-13(7-8-16-2)17(14,15)11-5-3-10(9-12)4-6-11/h3-6H,7-8H2,1-2H3. The van der Waals surface area contributed by atoms with Crippen LogP contribution < -0.4 is 0 Å². The van der Waals surface area contributed by atoms with Crippen molar-refractivity contribution in [2.24, 2.45) is 0 Å². The van der Waals surface area contributed by atoms with Gasteiger partial charge in [0.2, 0.25) is 10.0 Å². The average molecular weight is 254 g/mol. The fraction of sp³-hybridized carbons (Fsp3) is 0.364. The Labute approximate surface area is 101 Å². The van der Waals surface area contributed by atoms with Gasteiger partial charge in [0.1, 0.15) is 0 Å². The number of methoxy groups -OCH3 is 1. The summed E-state index contributed by atoms with van der Waals surface area (Å²) in [5, 5.41) is 8.63. The Kier molecular flexibility index (Phi) is 4.63. The molecule has 1 aromatic carbocycles. The molecule has 0 saturated carbocycles. The van der Waals surface area contributed by atoms with E-state index in [0.717, 1.165) is 0 Å². The summed E-state index contributed by atoms with van der Waals surface area (Å²) >= 11 is 0. The lowest BCUT2D eigenvalue weighted by atomic mass is 10.2. The zero-order valence-electron chi connectivity index (χ0n) is 9.75. The van der Waals surface area contributed by atoms with Crippen LogP contribution in [0.4, 0.5) is 0 Å². The number of hydrogen-bond acceptors (Lipinski definition) is 4. The predicted octanol–water partition coefficient (Wildman–Crippen LogP) is 0.825. The van der Waals surface area contributed by atoms with Crippen LogP contribution in [-0.2, 0) is 14.8 Å². The zero-order valence-corrected chi connectivity index (χ0v) is 10.6. The van der Waals surface area contributed by atoms with Crippen molar-refractivity contribution in [3.05, 3.63) is 29.8 Å². The van der Waals surface area contributed by atoms with E-state index in [1.807, 2.05) is 6.07 Å². The summed E-state index contributed by atoms with van der Waals surface area (Å²) in [6.07, 6.45) is 0. The summed E-state index contributed by atoms with van der Waals surface area (Å²) in [5.41, 5.74) is 0.434. The fourth-order valence-corrected chi connectivity index (χ4v) is 2.38. The first-order valence-electron chi connectivity index (χ1n) is 4.98. The van der Waals surface area contributed by atoms with Crippen LogP contribution in [0, 0.1) is 11.3 Å². The Morgan fingerprint density at radius 1 is 1.35 bits per heavy atom. The van der Waals surface area contributed by atoms with Gasteiger partial charge < -0.3 is 4.74 Å². The summed E-state index contributed by atoms with van der Waals surface area (Å²) in [6.45, 7) is 0.630. The summed E-state index contributed by atoms with van der Waals surface area (Å²) in [7, 11) is -0.484. The lowest BCUT2D eigenvalue weighted by Crippen LogP contribution is -2.30. The lowest BCUT2D eigenvalue weighted by molar-refractivity contribution is 0.185. The highest BCUT2D eigenvalue weighted by Gasteiger charge is 2.19. The molecule has 0 fully saturated rings. The Hall–Kier alpha value is -1.42. The molecule has 5 nitrogen and oxygen atoms in total. The van der Waals surface area contributed by atoms with E-state index in [1.165, 1.54) is 42.7 Å².